The Morgan fingerprint density at radius 3 is 2.91 bits per heavy atom. The van der Waals surface area contributed by atoms with Crippen LogP contribution in [0.1, 0.15) is 12.8 Å². The van der Waals surface area contributed by atoms with Crippen molar-refractivity contribution in [3.8, 4) is 0 Å². The molecule has 0 aliphatic carbocycles. The van der Waals surface area contributed by atoms with E-state index in [1.54, 1.807) is 12.4 Å². The highest BCUT2D eigenvalue weighted by molar-refractivity contribution is 5.61. The highest BCUT2D eigenvalue weighted by Gasteiger charge is 2.03. The van der Waals surface area contributed by atoms with E-state index in [-0.39, 0.29) is 0 Å². The van der Waals surface area contributed by atoms with Gasteiger partial charge in [-0.2, -0.15) is 4.98 Å². The molecule has 2 aromatic heterocycles. The number of hydrogen-bond acceptors (Lipinski definition) is 4. The molecule has 56 valence electrons. The zero-order chi connectivity index (χ0) is 7.68. The standard InChI is InChI=1S/C7H7N3O/c1-2-5-10-6-7(11-5)9-4-3-8-6/h3-4H,2H2,1H3. The lowest BCUT2D eigenvalue weighted by atomic mass is 10.5. The third-order valence-corrected chi connectivity index (χ3v) is 1.39. The summed E-state index contributed by atoms with van der Waals surface area (Å²) in [6.45, 7) is 1.98. The van der Waals surface area contributed by atoms with Crippen molar-refractivity contribution in [1.29, 1.82) is 0 Å². The van der Waals surface area contributed by atoms with Gasteiger partial charge in [0.2, 0.25) is 5.65 Å². The summed E-state index contributed by atoms with van der Waals surface area (Å²) in [6, 6.07) is 0. The van der Waals surface area contributed by atoms with Gasteiger partial charge >= 0.3 is 0 Å². The van der Waals surface area contributed by atoms with Crippen LogP contribution >= 0.6 is 0 Å². The van der Waals surface area contributed by atoms with Crippen molar-refractivity contribution in [3.63, 3.8) is 0 Å². The van der Waals surface area contributed by atoms with E-state index < -0.39 is 0 Å². The van der Waals surface area contributed by atoms with Gasteiger partial charge < -0.3 is 4.42 Å². The average molecular weight is 149 g/mol. The van der Waals surface area contributed by atoms with E-state index in [1.807, 2.05) is 6.92 Å². The van der Waals surface area contributed by atoms with Crippen LogP contribution in [-0.4, -0.2) is 15.0 Å². The van der Waals surface area contributed by atoms with Gasteiger partial charge in [-0.25, -0.2) is 9.97 Å². The molecule has 0 fully saturated rings. The van der Waals surface area contributed by atoms with E-state index in [2.05, 4.69) is 15.0 Å². The maximum absolute atomic E-state index is 5.23. The van der Waals surface area contributed by atoms with Crippen molar-refractivity contribution in [2.24, 2.45) is 0 Å². The summed E-state index contributed by atoms with van der Waals surface area (Å²) in [4.78, 5) is 12.0. The molecule has 0 saturated heterocycles. The van der Waals surface area contributed by atoms with Gasteiger partial charge in [0, 0.05) is 18.8 Å². The van der Waals surface area contributed by atoms with Gasteiger partial charge in [0.15, 0.2) is 5.89 Å². The number of oxazole rings is 1. The molecule has 4 nitrogen and oxygen atoms in total. The molecule has 0 radical (unpaired) electrons. The molecule has 0 saturated carbocycles. The van der Waals surface area contributed by atoms with Gasteiger partial charge in [0.1, 0.15) is 0 Å². The Balaban J connectivity index is 2.69. The molecule has 0 spiro atoms. The predicted molar refractivity (Wildman–Crippen MR) is 39.0 cm³/mol. The first kappa shape index (κ1) is 6.27. The lowest BCUT2D eigenvalue weighted by Gasteiger charge is -1.79. The molecular weight excluding hydrogens is 142 g/mol. The van der Waals surface area contributed by atoms with Crippen LogP contribution in [0.15, 0.2) is 16.8 Å². The summed E-state index contributed by atoms with van der Waals surface area (Å²) in [5.74, 6) is 0.686. The summed E-state index contributed by atoms with van der Waals surface area (Å²) in [6.07, 6.45) is 3.97. The van der Waals surface area contributed by atoms with Crippen molar-refractivity contribution < 1.29 is 4.42 Å². The van der Waals surface area contributed by atoms with Gasteiger partial charge in [-0.1, -0.05) is 6.92 Å². The fourth-order valence-corrected chi connectivity index (χ4v) is 0.870. The molecule has 2 heterocycles. The molecule has 0 atom stereocenters. The van der Waals surface area contributed by atoms with Crippen molar-refractivity contribution in [2.75, 3.05) is 0 Å². The molecule has 0 aromatic carbocycles. The summed E-state index contributed by atoms with van der Waals surface area (Å²) < 4.78 is 5.23. The van der Waals surface area contributed by atoms with Gasteiger partial charge in [0.25, 0.3) is 5.71 Å². The van der Waals surface area contributed by atoms with E-state index in [9.17, 15) is 0 Å². The average Bonchev–Trinajstić information content (AvgIpc) is 2.46. The monoisotopic (exact) mass is 149 g/mol. The smallest absolute Gasteiger partial charge is 0.266 e. The molecule has 0 aliphatic heterocycles. The van der Waals surface area contributed by atoms with Crippen molar-refractivity contribution in [1.82, 2.24) is 15.0 Å². The molecule has 2 rings (SSSR count). The lowest BCUT2D eigenvalue weighted by Crippen LogP contribution is -1.78. The summed E-state index contributed by atoms with van der Waals surface area (Å²) in [5, 5.41) is 0. The SMILES string of the molecule is CCc1nc2nccnc2o1. The molecule has 0 aliphatic rings. The van der Waals surface area contributed by atoms with Crippen LogP contribution in [0.2, 0.25) is 0 Å². The maximum atomic E-state index is 5.23. The molecule has 0 bridgehead atoms. The van der Waals surface area contributed by atoms with Gasteiger partial charge in [-0.05, 0) is 0 Å². The quantitative estimate of drug-likeness (QED) is 0.610. The number of nitrogens with zero attached hydrogens (tertiary/aromatic N) is 3. The molecule has 0 amide bonds. The number of aryl methyl sites for hydroxylation is 1. The first-order chi connectivity index (χ1) is 5.40. The fraction of sp³-hybridized carbons (Fsp3) is 0.286. The van der Waals surface area contributed by atoms with Crippen LogP contribution in [-0.2, 0) is 6.42 Å². The highest BCUT2D eigenvalue weighted by Crippen LogP contribution is 2.08. The molecule has 11 heavy (non-hydrogen) atoms. The number of hydrogen-bond donors (Lipinski definition) is 0. The largest absolute Gasteiger partial charge is 0.421 e. The third-order valence-electron chi connectivity index (χ3n) is 1.39. The Bertz CT molecular complexity index is 335. The lowest BCUT2D eigenvalue weighted by molar-refractivity contribution is 0.529. The van der Waals surface area contributed by atoms with Crippen LogP contribution in [0, 0.1) is 0 Å². The second-order valence-electron chi connectivity index (χ2n) is 2.15. The molecular formula is C7H7N3O. The maximum Gasteiger partial charge on any atom is 0.266 e. The number of aromatic nitrogens is 3. The zero-order valence-electron chi connectivity index (χ0n) is 6.11. The van der Waals surface area contributed by atoms with Crippen molar-refractivity contribution in [2.45, 2.75) is 13.3 Å². The van der Waals surface area contributed by atoms with E-state index in [0.29, 0.717) is 17.3 Å². The minimum atomic E-state index is 0.518. The van der Waals surface area contributed by atoms with Crippen LogP contribution < -0.4 is 0 Å². The van der Waals surface area contributed by atoms with Crippen molar-refractivity contribution >= 4 is 11.4 Å². The number of rotatable bonds is 1. The third kappa shape index (κ3) is 0.960. The first-order valence-electron chi connectivity index (χ1n) is 3.46. The van der Waals surface area contributed by atoms with Gasteiger partial charge in [0.05, 0.1) is 0 Å². The van der Waals surface area contributed by atoms with Crippen molar-refractivity contribution in [3.05, 3.63) is 18.3 Å². The van der Waals surface area contributed by atoms with Gasteiger partial charge in [-0.3, -0.25) is 0 Å². The van der Waals surface area contributed by atoms with Crippen LogP contribution in [0.25, 0.3) is 11.4 Å². The Hall–Kier alpha value is -1.45. The Morgan fingerprint density at radius 1 is 1.36 bits per heavy atom. The minimum absolute atomic E-state index is 0.518. The second-order valence-corrected chi connectivity index (χ2v) is 2.15. The van der Waals surface area contributed by atoms with Crippen LogP contribution in [0.4, 0.5) is 0 Å². The van der Waals surface area contributed by atoms with Crippen LogP contribution in [0.3, 0.4) is 0 Å². The van der Waals surface area contributed by atoms with E-state index >= 15 is 0 Å². The Labute approximate surface area is 63.3 Å². The first-order valence-corrected chi connectivity index (χ1v) is 3.46. The summed E-state index contributed by atoms with van der Waals surface area (Å²) >= 11 is 0. The highest BCUT2D eigenvalue weighted by atomic mass is 16.4. The molecule has 4 heteroatoms. The normalized spacial score (nSPS) is 10.6. The molecule has 2 aromatic rings. The zero-order valence-corrected chi connectivity index (χ0v) is 6.11. The summed E-state index contributed by atoms with van der Waals surface area (Å²) in [7, 11) is 0. The van der Waals surface area contributed by atoms with E-state index in [4.69, 9.17) is 4.42 Å². The number of fused-ring (bicyclic) bond motifs is 1. The minimum Gasteiger partial charge on any atom is -0.421 e. The fourth-order valence-electron chi connectivity index (χ4n) is 0.870. The van der Waals surface area contributed by atoms with E-state index in [1.165, 1.54) is 0 Å². The van der Waals surface area contributed by atoms with Gasteiger partial charge in [-0.15, -0.1) is 0 Å². The predicted octanol–water partition coefficient (Wildman–Crippen LogP) is 1.18. The Morgan fingerprint density at radius 2 is 2.18 bits per heavy atom. The second kappa shape index (κ2) is 2.30. The van der Waals surface area contributed by atoms with E-state index in [0.717, 1.165) is 6.42 Å². The Kier molecular flexibility index (Phi) is 1.31. The molecule has 0 N–H and O–H groups in total. The molecule has 0 unspecified atom stereocenters. The summed E-state index contributed by atoms with van der Waals surface area (Å²) in [5.41, 5.74) is 1.11. The topological polar surface area (TPSA) is 51.8 Å². The van der Waals surface area contributed by atoms with Crippen LogP contribution in [0.5, 0.6) is 0 Å².